The van der Waals surface area contributed by atoms with E-state index in [2.05, 4.69) is 95.6 Å². The number of para-hydroxylation sites is 1. The average molecular weight is 430 g/mol. The topological polar surface area (TPSA) is 30.7 Å². The van der Waals surface area contributed by atoms with Gasteiger partial charge in [0.1, 0.15) is 10.4 Å². The second-order valence-corrected chi connectivity index (χ2v) is 9.61. The van der Waals surface area contributed by atoms with Gasteiger partial charge in [0.2, 0.25) is 0 Å². The van der Waals surface area contributed by atoms with E-state index in [0.29, 0.717) is 0 Å². The fourth-order valence-electron chi connectivity index (χ4n) is 4.20. The SMILES string of the molecule is CCCCCCCC(Cc1ccccc1)(Sc1ccccc1)n1nnc2ccccc21. The third-order valence-electron chi connectivity index (χ3n) is 5.78. The smallest absolute Gasteiger partial charge is 0.119 e. The average Bonchev–Trinajstić information content (AvgIpc) is 3.25. The summed E-state index contributed by atoms with van der Waals surface area (Å²) < 4.78 is 2.20. The summed E-state index contributed by atoms with van der Waals surface area (Å²) in [6.45, 7) is 2.27. The van der Waals surface area contributed by atoms with Crippen LogP contribution in [0.4, 0.5) is 0 Å². The molecule has 0 saturated heterocycles. The van der Waals surface area contributed by atoms with Gasteiger partial charge in [-0.3, -0.25) is 0 Å². The molecule has 0 N–H and O–H groups in total. The van der Waals surface area contributed by atoms with E-state index in [9.17, 15) is 0 Å². The van der Waals surface area contributed by atoms with Crippen molar-refractivity contribution in [1.29, 1.82) is 0 Å². The third-order valence-corrected chi connectivity index (χ3v) is 7.19. The van der Waals surface area contributed by atoms with Crippen molar-refractivity contribution in [3.63, 3.8) is 0 Å². The largest absolute Gasteiger partial charge is 0.228 e. The minimum atomic E-state index is -0.231. The number of hydrogen-bond acceptors (Lipinski definition) is 3. The van der Waals surface area contributed by atoms with Crippen LogP contribution >= 0.6 is 11.8 Å². The lowest BCUT2D eigenvalue weighted by Gasteiger charge is -2.34. The van der Waals surface area contributed by atoms with E-state index in [1.54, 1.807) is 0 Å². The van der Waals surface area contributed by atoms with Crippen LogP contribution in [0.5, 0.6) is 0 Å². The van der Waals surface area contributed by atoms with Crippen molar-refractivity contribution < 1.29 is 0 Å². The van der Waals surface area contributed by atoms with Gasteiger partial charge in [0, 0.05) is 11.3 Å². The number of hydrogen-bond donors (Lipinski definition) is 0. The molecule has 1 unspecified atom stereocenters. The van der Waals surface area contributed by atoms with Gasteiger partial charge in [-0.15, -0.1) is 5.10 Å². The highest BCUT2D eigenvalue weighted by Crippen LogP contribution is 2.45. The van der Waals surface area contributed by atoms with Gasteiger partial charge in [-0.05, 0) is 36.2 Å². The van der Waals surface area contributed by atoms with Crippen LogP contribution in [0, 0.1) is 0 Å². The summed E-state index contributed by atoms with van der Waals surface area (Å²) in [6.07, 6.45) is 8.28. The molecule has 4 heteroatoms. The fourth-order valence-corrected chi connectivity index (χ4v) is 5.64. The number of benzene rings is 3. The summed E-state index contributed by atoms with van der Waals surface area (Å²) >= 11 is 1.93. The first kappa shape index (κ1) is 21.6. The molecular weight excluding hydrogens is 398 g/mol. The highest BCUT2D eigenvalue weighted by Gasteiger charge is 2.36. The van der Waals surface area contributed by atoms with Gasteiger partial charge in [-0.2, -0.15) is 0 Å². The summed E-state index contributed by atoms with van der Waals surface area (Å²) in [6, 6.07) is 29.9. The molecule has 0 aliphatic heterocycles. The first-order valence-electron chi connectivity index (χ1n) is 11.4. The lowest BCUT2D eigenvalue weighted by molar-refractivity contribution is 0.357. The Kier molecular flexibility index (Phi) is 7.42. The van der Waals surface area contributed by atoms with Gasteiger partial charge < -0.3 is 0 Å². The van der Waals surface area contributed by atoms with Crippen LogP contribution in [0.15, 0.2) is 89.8 Å². The summed E-state index contributed by atoms with van der Waals surface area (Å²) in [5.41, 5.74) is 3.40. The van der Waals surface area contributed by atoms with Crippen molar-refractivity contribution in [2.75, 3.05) is 0 Å². The van der Waals surface area contributed by atoms with E-state index < -0.39 is 0 Å². The lowest BCUT2D eigenvalue weighted by atomic mass is 9.98. The Balaban J connectivity index is 1.76. The maximum Gasteiger partial charge on any atom is 0.119 e. The summed E-state index contributed by atoms with van der Waals surface area (Å²) in [7, 11) is 0. The second-order valence-electron chi connectivity index (χ2n) is 8.18. The highest BCUT2D eigenvalue weighted by atomic mass is 32.2. The van der Waals surface area contributed by atoms with Crippen molar-refractivity contribution in [1.82, 2.24) is 15.0 Å². The molecule has 4 aromatic rings. The van der Waals surface area contributed by atoms with E-state index >= 15 is 0 Å². The normalized spacial score (nSPS) is 13.3. The quantitative estimate of drug-likeness (QED) is 0.183. The molecule has 0 saturated carbocycles. The molecule has 0 radical (unpaired) electrons. The van der Waals surface area contributed by atoms with Crippen LogP contribution in [0.2, 0.25) is 0 Å². The Morgan fingerprint density at radius 1 is 0.774 bits per heavy atom. The minimum absolute atomic E-state index is 0.231. The van der Waals surface area contributed by atoms with Gasteiger partial charge in [-0.25, -0.2) is 4.68 Å². The molecule has 160 valence electrons. The van der Waals surface area contributed by atoms with Crippen LogP contribution in [0.1, 0.15) is 51.0 Å². The molecule has 4 rings (SSSR count). The first-order valence-corrected chi connectivity index (χ1v) is 12.2. The molecule has 0 fully saturated rings. The molecule has 1 heterocycles. The molecule has 31 heavy (non-hydrogen) atoms. The Labute approximate surface area is 189 Å². The van der Waals surface area contributed by atoms with Crippen LogP contribution in [-0.2, 0) is 11.3 Å². The zero-order chi connectivity index (χ0) is 21.4. The molecule has 3 aromatic carbocycles. The molecule has 0 aliphatic carbocycles. The maximum atomic E-state index is 4.72. The van der Waals surface area contributed by atoms with Gasteiger partial charge >= 0.3 is 0 Å². The first-order chi connectivity index (χ1) is 15.3. The maximum absolute atomic E-state index is 4.72. The van der Waals surface area contributed by atoms with E-state index in [1.807, 2.05) is 17.8 Å². The number of unbranched alkanes of at least 4 members (excludes halogenated alkanes) is 4. The van der Waals surface area contributed by atoms with Crippen molar-refractivity contribution in [2.24, 2.45) is 0 Å². The molecule has 0 spiro atoms. The standard InChI is InChI=1S/C27H31N3S/c1-2-3-4-5-14-21-27(22-23-15-8-6-9-16-23,31-24-17-10-7-11-18-24)30-26-20-13-12-19-25(26)28-29-30/h6-13,15-20H,2-5,14,21-22H2,1H3. The summed E-state index contributed by atoms with van der Waals surface area (Å²) in [5, 5.41) is 9.25. The van der Waals surface area contributed by atoms with Gasteiger partial charge in [-0.1, -0.05) is 117 Å². The Bertz CT molecular complexity index is 1020. The van der Waals surface area contributed by atoms with Gasteiger partial charge in [0.25, 0.3) is 0 Å². The zero-order valence-corrected chi connectivity index (χ0v) is 19.1. The Hall–Kier alpha value is -2.59. The molecule has 0 amide bonds. The van der Waals surface area contributed by atoms with Crippen molar-refractivity contribution in [3.8, 4) is 0 Å². The molecule has 3 nitrogen and oxygen atoms in total. The van der Waals surface area contributed by atoms with Gasteiger partial charge in [0.05, 0.1) is 5.52 Å². The number of fused-ring (bicyclic) bond motifs is 1. The Morgan fingerprint density at radius 2 is 1.45 bits per heavy atom. The van der Waals surface area contributed by atoms with E-state index in [1.165, 1.54) is 42.6 Å². The highest BCUT2D eigenvalue weighted by molar-refractivity contribution is 8.00. The minimum Gasteiger partial charge on any atom is -0.228 e. The zero-order valence-electron chi connectivity index (χ0n) is 18.3. The number of nitrogens with zero attached hydrogens (tertiary/aromatic N) is 3. The van der Waals surface area contributed by atoms with Gasteiger partial charge in [0.15, 0.2) is 0 Å². The second kappa shape index (κ2) is 10.6. The third kappa shape index (κ3) is 5.37. The van der Waals surface area contributed by atoms with Crippen LogP contribution in [-0.4, -0.2) is 15.0 Å². The summed E-state index contributed by atoms with van der Waals surface area (Å²) in [5.74, 6) is 0. The van der Waals surface area contributed by atoms with E-state index in [-0.39, 0.29) is 4.87 Å². The lowest BCUT2D eigenvalue weighted by Crippen LogP contribution is -2.34. The van der Waals surface area contributed by atoms with Crippen molar-refractivity contribution in [2.45, 2.75) is 61.6 Å². The number of aromatic nitrogens is 3. The molecule has 1 aromatic heterocycles. The summed E-state index contributed by atoms with van der Waals surface area (Å²) in [4.78, 5) is 1.04. The van der Waals surface area contributed by atoms with E-state index in [4.69, 9.17) is 5.21 Å². The predicted molar refractivity (Wildman–Crippen MR) is 131 cm³/mol. The predicted octanol–water partition coefficient (Wildman–Crippen LogP) is 7.48. The number of rotatable bonds is 11. The van der Waals surface area contributed by atoms with E-state index in [0.717, 1.165) is 23.9 Å². The van der Waals surface area contributed by atoms with Crippen LogP contribution < -0.4 is 0 Å². The molecule has 0 aliphatic rings. The van der Waals surface area contributed by atoms with Crippen molar-refractivity contribution >= 4 is 22.8 Å². The number of thioether (sulfide) groups is 1. The molecule has 1 atom stereocenters. The monoisotopic (exact) mass is 429 g/mol. The van der Waals surface area contributed by atoms with Crippen LogP contribution in [0.25, 0.3) is 11.0 Å². The molecular formula is C27H31N3S. The Morgan fingerprint density at radius 3 is 2.23 bits per heavy atom. The molecule has 0 bridgehead atoms. The fraction of sp³-hybridized carbons (Fsp3) is 0.333. The van der Waals surface area contributed by atoms with Crippen molar-refractivity contribution in [3.05, 3.63) is 90.5 Å². The van der Waals surface area contributed by atoms with Crippen LogP contribution in [0.3, 0.4) is 0 Å².